The standard InChI is InChI=1S/C20H32N4OS.HI/c1-5-6-19(25)23-17-9-7-16(8-10-17)13-22-20(21-4)24-11-12-26-18(14-24)15(2)3;/h7-10,15,18H,5-6,11-14H2,1-4H3,(H,21,22)(H,23,25);1H. The number of hydrogen-bond donors (Lipinski definition) is 2. The molecular weight excluding hydrogens is 471 g/mol. The van der Waals surface area contributed by atoms with Crippen LogP contribution in [0.4, 0.5) is 5.69 Å². The van der Waals surface area contributed by atoms with Crippen LogP contribution in [0.3, 0.4) is 0 Å². The molecule has 2 rings (SSSR count). The molecule has 7 heteroatoms. The molecule has 1 aliphatic heterocycles. The lowest BCUT2D eigenvalue weighted by atomic mass is 10.1. The van der Waals surface area contributed by atoms with E-state index in [0.717, 1.165) is 43.5 Å². The van der Waals surface area contributed by atoms with Gasteiger partial charge in [0.25, 0.3) is 0 Å². The number of carbonyl (C=O) groups excluding carboxylic acids is 1. The van der Waals surface area contributed by atoms with Gasteiger partial charge in [0.1, 0.15) is 0 Å². The van der Waals surface area contributed by atoms with Crippen LogP contribution in [-0.2, 0) is 11.3 Å². The topological polar surface area (TPSA) is 56.7 Å². The number of thioether (sulfide) groups is 1. The fourth-order valence-corrected chi connectivity index (χ4v) is 4.24. The maximum atomic E-state index is 11.7. The minimum absolute atomic E-state index is 0. The fraction of sp³-hybridized carbons (Fsp3) is 0.600. The predicted molar refractivity (Wildman–Crippen MR) is 128 cm³/mol. The molecule has 1 atom stereocenters. The minimum atomic E-state index is 0. The lowest BCUT2D eigenvalue weighted by molar-refractivity contribution is -0.116. The third-order valence-electron chi connectivity index (χ3n) is 4.51. The second-order valence-corrected chi connectivity index (χ2v) is 8.34. The number of guanidine groups is 1. The van der Waals surface area contributed by atoms with Gasteiger partial charge in [-0.25, -0.2) is 0 Å². The molecule has 1 aliphatic rings. The molecule has 1 saturated heterocycles. The number of carbonyl (C=O) groups is 1. The van der Waals surface area contributed by atoms with Crippen molar-refractivity contribution in [3.05, 3.63) is 29.8 Å². The molecule has 1 aromatic rings. The third kappa shape index (κ3) is 7.89. The highest BCUT2D eigenvalue weighted by Crippen LogP contribution is 2.24. The average molecular weight is 504 g/mol. The number of anilines is 1. The predicted octanol–water partition coefficient (Wildman–Crippen LogP) is 4.19. The van der Waals surface area contributed by atoms with E-state index < -0.39 is 0 Å². The lowest BCUT2D eigenvalue weighted by Gasteiger charge is -2.36. The summed E-state index contributed by atoms with van der Waals surface area (Å²) in [6, 6.07) is 8.01. The van der Waals surface area contributed by atoms with E-state index in [9.17, 15) is 4.79 Å². The number of hydrogen-bond acceptors (Lipinski definition) is 3. The first-order chi connectivity index (χ1) is 12.5. The highest BCUT2D eigenvalue weighted by molar-refractivity contribution is 14.0. The number of nitrogens with one attached hydrogen (secondary N) is 2. The zero-order chi connectivity index (χ0) is 18.9. The van der Waals surface area contributed by atoms with Crippen molar-refractivity contribution in [2.45, 2.75) is 45.4 Å². The fourth-order valence-electron chi connectivity index (χ4n) is 2.94. The molecule has 0 spiro atoms. The Bertz CT molecular complexity index is 607. The van der Waals surface area contributed by atoms with E-state index in [4.69, 9.17) is 0 Å². The van der Waals surface area contributed by atoms with Crippen molar-refractivity contribution < 1.29 is 4.79 Å². The van der Waals surface area contributed by atoms with Crippen LogP contribution < -0.4 is 10.6 Å². The van der Waals surface area contributed by atoms with Gasteiger partial charge in [-0.15, -0.1) is 24.0 Å². The van der Waals surface area contributed by atoms with E-state index >= 15 is 0 Å². The first-order valence-electron chi connectivity index (χ1n) is 9.49. The number of halogens is 1. The summed E-state index contributed by atoms with van der Waals surface area (Å²) in [5.41, 5.74) is 2.02. The smallest absolute Gasteiger partial charge is 0.224 e. The summed E-state index contributed by atoms with van der Waals surface area (Å²) in [6.07, 6.45) is 1.42. The summed E-state index contributed by atoms with van der Waals surface area (Å²) >= 11 is 2.07. The van der Waals surface area contributed by atoms with Crippen molar-refractivity contribution >= 4 is 53.3 Å². The normalized spacial score (nSPS) is 17.4. The molecule has 1 unspecified atom stereocenters. The van der Waals surface area contributed by atoms with Crippen molar-refractivity contribution in [2.75, 3.05) is 31.2 Å². The molecule has 152 valence electrons. The van der Waals surface area contributed by atoms with E-state index in [2.05, 4.69) is 46.1 Å². The monoisotopic (exact) mass is 504 g/mol. The van der Waals surface area contributed by atoms with Gasteiger partial charge >= 0.3 is 0 Å². The van der Waals surface area contributed by atoms with Gasteiger partial charge in [0, 0.05) is 49.8 Å². The second kappa shape index (κ2) is 12.5. The molecule has 0 aromatic heterocycles. The average Bonchev–Trinajstić information content (AvgIpc) is 2.64. The molecule has 1 heterocycles. The van der Waals surface area contributed by atoms with E-state index in [0.29, 0.717) is 17.6 Å². The van der Waals surface area contributed by atoms with Gasteiger partial charge < -0.3 is 15.5 Å². The van der Waals surface area contributed by atoms with E-state index in [1.54, 1.807) is 0 Å². The molecular formula is C20H33IN4OS. The zero-order valence-corrected chi connectivity index (χ0v) is 20.0. The van der Waals surface area contributed by atoms with Crippen LogP contribution in [0.1, 0.15) is 39.2 Å². The Morgan fingerprint density at radius 1 is 1.33 bits per heavy atom. The van der Waals surface area contributed by atoms with Crippen LogP contribution in [0, 0.1) is 5.92 Å². The number of amides is 1. The molecule has 0 radical (unpaired) electrons. The first kappa shape index (κ1) is 24.1. The lowest BCUT2D eigenvalue weighted by Crippen LogP contribution is -2.48. The Morgan fingerprint density at radius 2 is 2.04 bits per heavy atom. The minimum Gasteiger partial charge on any atom is -0.352 e. The van der Waals surface area contributed by atoms with Crippen molar-refractivity contribution in [3.63, 3.8) is 0 Å². The van der Waals surface area contributed by atoms with Gasteiger partial charge in [0.15, 0.2) is 5.96 Å². The molecule has 2 N–H and O–H groups in total. The van der Waals surface area contributed by atoms with E-state index in [1.165, 1.54) is 5.56 Å². The largest absolute Gasteiger partial charge is 0.352 e. The van der Waals surface area contributed by atoms with Gasteiger partial charge in [-0.2, -0.15) is 11.8 Å². The first-order valence-corrected chi connectivity index (χ1v) is 10.5. The molecule has 1 fully saturated rings. The van der Waals surface area contributed by atoms with Crippen LogP contribution >= 0.6 is 35.7 Å². The summed E-state index contributed by atoms with van der Waals surface area (Å²) < 4.78 is 0. The van der Waals surface area contributed by atoms with Crippen LogP contribution in [0.2, 0.25) is 0 Å². The maximum Gasteiger partial charge on any atom is 0.224 e. The third-order valence-corrected chi connectivity index (χ3v) is 6.05. The highest BCUT2D eigenvalue weighted by Gasteiger charge is 2.24. The summed E-state index contributed by atoms with van der Waals surface area (Å²) in [4.78, 5) is 18.5. The molecule has 0 aliphatic carbocycles. The second-order valence-electron chi connectivity index (χ2n) is 7.00. The summed E-state index contributed by atoms with van der Waals surface area (Å²) in [5, 5.41) is 7.05. The molecule has 5 nitrogen and oxygen atoms in total. The van der Waals surface area contributed by atoms with Crippen molar-refractivity contribution in [1.82, 2.24) is 10.2 Å². The summed E-state index contributed by atoms with van der Waals surface area (Å²) in [6.45, 7) is 9.40. The van der Waals surface area contributed by atoms with Gasteiger partial charge in [-0.1, -0.05) is 32.9 Å². The van der Waals surface area contributed by atoms with E-state index in [-0.39, 0.29) is 29.9 Å². The van der Waals surface area contributed by atoms with Crippen molar-refractivity contribution in [3.8, 4) is 0 Å². The summed E-state index contributed by atoms with van der Waals surface area (Å²) in [7, 11) is 1.85. The Kier molecular flexibility index (Phi) is 11.1. The number of benzene rings is 1. The molecule has 1 amide bonds. The highest BCUT2D eigenvalue weighted by atomic mass is 127. The van der Waals surface area contributed by atoms with E-state index in [1.807, 2.05) is 38.2 Å². The SMILES string of the molecule is CCCC(=O)Nc1ccc(CNC(=NC)N2CCSC(C(C)C)C2)cc1.I. The molecule has 27 heavy (non-hydrogen) atoms. The zero-order valence-electron chi connectivity index (χ0n) is 16.8. The Balaban J connectivity index is 0.00000364. The molecule has 0 bridgehead atoms. The quantitative estimate of drug-likeness (QED) is 0.347. The Hall–Kier alpha value is -0.960. The van der Waals surface area contributed by atoms with Crippen molar-refractivity contribution in [2.24, 2.45) is 10.9 Å². The molecule has 1 aromatic carbocycles. The summed E-state index contributed by atoms with van der Waals surface area (Å²) in [5.74, 6) is 2.87. The van der Waals surface area contributed by atoms with Gasteiger partial charge in [0.05, 0.1) is 0 Å². The van der Waals surface area contributed by atoms with Gasteiger partial charge in [-0.3, -0.25) is 9.79 Å². The number of aliphatic imine (C=N–C) groups is 1. The number of nitrogens with zero attached hydrogens (tertiary/aromatic N) is 2. The van der Waals surface area contributed by atoms with Crippen molar-refractivity contribution in [1.29, 1.82) is 0 Å². The molecule has 0 saturated carbocycles. The van der Waals surface area contributed by atoms with Crippen LogP contribution in [0.25, 0.3) is 0 Å². The van der Waals surface area contributed by atoms with Crippen LogP contribution in [0.5, 0.6) is 0 Å². The van der Waals surface area contributed by atoms with Crippen LogP contribution in [-0.4, -0.2) is 47.9 Å². The Morgan fingerprint density at radius 3 is 2.63 bits per heavy atom. The van der Waals surface area contributed by atoms with Crippen LogP contribution in [0.15, 0.2) is 29.3 Å². The van der Waals surface area contributed by atoms with Gasteiger partial charge in [-0.05, 0) is 30.0 Å². The maximum absolute atomic E-state index is 11.7. The Labute approximate surface area is 185 Å². The van der Waals surface area contributed by atoms with Gasteiger partial charge in [0.2, 0.25) is 5.91 Å². The number of rotatable bonds is 6.